The van der Waals surface area contributed by atoms with Crippen molar-refractivity contribution in [3.05, 3.63) is 84.9 Å². The first-order valence-electron chi connectivity index (χ1n) is 13.1. The fourth-order valence-electron chi connectivity index (χ4n) is 7.18. The number of halogens is 4. The molecule has 0 bridgehead atoms. The smallest absolute Gasteiger partial charge is 0.418 e. The molecule has 3 atom stereocenters. The molecule has 37 heavy (non-hydrogen) atoms. The highest BCUT2D eigenvalue weighted by atomic mass is 32.2. The van der Waals surface area contributed by atoms with Crippen LogP contribution in [0.2, 0.25) is 0 Å². The van der Waals surface area contributed by atoms with E-state index in [1.165, 1.54) is 17.7 Å². The van der Waals surface area contributed by atoms with Crippen LogP contribution < -0.4 is 15.9 Å². The molecule has 0 saturated heterocycles. The molecule has 1 aliphatic heterocycles. The first kappa shape index (κ1) is 28.2. The van der Waals surface area contributed by atoms with Gasteiger partial charge in [-0.1, -0.05) is 88.0 Å². The summed E-state index contributed by atoms with van der Waals surface area (Å²) >= 11 is 2.19. The third-order valence-corrected chi connectivity index (χ3v) is 15.7. The minimum absolute atomic E-state index is 0.161. The molecule has 1 saturated carbocycles. The van der Waals surface area contributed by atoms with E-state index in [1.54, 1.807) is 15.9 Å². The van der Waals surface area contributed by atoms with Crippen LogP contribution in [0.15, 0.2) is 89.8 Å². The van der Waals surface area contributed by atoms with Crippen molar-refractivity contribution < 1.29 is 17.3 Å². The number of benzene rings is 3. The van der Waals surface area contributed by atoms with Crippen LogP contribution in [-0.2, 0) is 0 Å². The van der Waals surface area contributed by atoms with Crippen molar-refractivity contribution in [1.29, 1.82) is 0 Å². The van der Waals surface area contributed by atoms with Gasteiger partial charge in [0.1, 0.15) is 33.2 Å². The number of thioether (sulfide) groups is 1. The van der Waals surface area contributed by atoms with Gasteiger partial charge in [0.2, 0.25) is 0 Å². The summed E-state index contributed by atoms with van der Waals surface area (Å²) in [5, 5.41) is 4.94. The Morgan fingerprint density at radius 2 is 1.22 bits per heavy atom. The van der Waals surface area contributed by atoms with Crippen molar-refractivity contribution in [3.63, 3.8) is 0 Å². The lowest BCUT2D eigenvalue weighted by Gasteiger charge is -2.45. The van der Waals surface area contributed by atoms with Crippen molar-refractivity contribution in [2.24, 2.45) is 5.92 Å². The van der Waals surface area contributed by atoms with Crippen LogP contribution in [0.3, 0.4) is 0 Å². The molecular formula is C29H35BF4NPS. The van der Waals surface area contributed by atoms with Crippen molar-refractivity contribution in [1.82, 2.24) is 4.90 Å². The van der Waals surface area contributed by atoms with Gasteiger partial charge in [-0.3, -0.25) is 4.90 Å². The topological polar surface area (TPSA) is 3.24 Å². The Bertz CT molecular complexity index is 1150. The molecule has 0 unspecified atom stereocenters. The summed E-state index contributed by atoms with van der Waals surface area (Å²) in [4.78, 5) is 4.47. The van der Waals surface area contributed by atoms with E-state index in [-0.39, 0.29) is 10.0 Å². The summed E-state index contributed by atoms with van der Waals surface area (Å²) in [6, 6.07) is 32.5. The molecule has 198 valence electrons. The summed E-state index contributed by atoms with van der Waals surface area (Å²) in [6.45, 7) is 11.8. The number of hydrogen-bond donors (Lipinski definition) is 0. The molecule has 0 aromatic heterocycles. The largest absolute Gasteiger partial charge is 0.673 e. The summed E-state index contributed by atoms with van der Waals surface area (Å²) in [5.74, 6) is 0.672. The molecular weight excluding hydrogens is 512 g/mol. The minimum atomic E-state index is -6.00. The Morgan fingerprint density at radius 3 is 1.65 bits per heavy atom. The highest BCUT2D eigenvalue weighted by Gasteiger charge is 2.92. The van der Waals surface area contributed by atoms with Crippen LogP contribution in [0.4, 0.5) is 17.3 Å². The Kier molecular flexibility index (Phi) is 8.19. The molecule has 1 heterocycles. The standard InChI is InChI=1S/C29H35NPS.BF4/c1-5-27-28(6-2)29(27,30(7-3)8-4)32-26-22-16-15-21-25(26)31(28,23-17-11-9-12-18-23)24-19-13-10-14-20-24;2-1(3,4)5/h9-22,27H,5-8H2,1-4H3;/q+1;-1/t27-,28-,29+;/m0./s1. The molecule has 1 nitrogen and oxygen atoms in total. The molecule has 8 heteroatoms. The Morgan fingerprint density at radius 1 is 0.757 bits per heavy atom. The van der Waals surface area contributed by atoms with E-state index in [4.69, 9.17) is 0 Å². The minimum Gasteiger partial charge on any atom is -0.418 e. The van der Waals surface area contributed by atoms with Crippen molar-refractivity contribution in [3.8, 4) is 0 Å². The van der Waals surface area contributed by atoms with Gasteiger partial charge < -0.3 is 17.3 Å². The SMILES string of the molecule is CC[C@H]1[C@@]2(CC)[C@]1(N(CC)CC)Sc1ccccc1[P+]2(c1ccccc1)c1ccccc1.F[B-](F)(F)F. The van der Waals surface area contributed by atoms with E-state index >= 15 is 0 Å². The van der Waals surface area contributed by atoms with Gasteiger partial charge in [0, 0.05) is 5.92 Å². The van der Waals surface area contributed by atoms with Crippen molar-refractivity contribution in [2.75, 3.05) is 13.1 Å². The van der Waals surface area contributed by atoms with Gasteiger partial charge in [-0.2, -0.15) is 0 Å². The van der Waals surface area contributed by atoms with Crippen LogP contribution in [0.5, 0.6) is 0 Å². The fraction of sp³-hybridized carbons (Fsp3) is 0.379. The van der Waals surface area contributed by atoms with E-state index in [1.807, 2.05) is 0 Å². The van der Waals surface area contributed by atoms with E-state index in [2.05, 4.69) is 129 Å². The highest BCUT2D eigenvalue weighted by molar-refractivity contribution is 8.07. The molecule has 0 spiro atoms. The second-order valence-corrected chi connectivity index (χ2v) is 14.4. The van der Waals surface area contributed by atoms with Gasteiger partial charge in [-0.25, -0.2) is 0 Å². The molecule has 3 aromatic rings. The van der Waals surface area contributed by atoms with Gasteiger partial charge in [0.25, 0.3) is 0 Å². The number of hydrogen-bond acceptors (Lipinski definition) is 2. The van der Waals surface area contributed by atoms with Crippen LogP contribution in [0, 0.1) is 5.92 Å². The van der Waals surface area contributed by atoms with Crippen molar-refractivity contribution in [2.45, 2.75) is 55.5 Å². The molecule has 3 aromatic carbocycles. The van der Waals surface area contributed by atoms with Gasteiger partial charge in [-0.15, -0.1) is 0 Å². The normalized spacial score (nSPS) is 25.5. The zero-order valence-electron chi connectivity index (χ0n) is 21.9. The maximum Gasteiger partial charge on any atom is 0.673 e. The summed E-state index contributed by atoms with van der Waals surface area (Å²) in [7, 11) is -7.91. The first-order valence-corrected chi connectivity index (χ1v) is 15.7. The summed E-state index contributed by atoms with van der Waals surface area (Å²) < 4.78 is 39.0. The van der Waals surface area contributed by atoms with Crippen LogP contribution >= 0.6 is 19.0 Å². The third kappa shape index (κ3) is 4.26. The Hall–Kier alpha value is -1.82. The zero-order valence-corrected chi connectivity index (χ0v) is 23.6. The number of rotatable bonds is 7. The Labute approximate surface area is 223 Å². The zero-order chi connectivity index (χ0) is 26.9. The van der Waals surface area contributed by atoms with Crippen LogP contribution in [0.25, 0.3) is 0 Å². The van der Waals surface area contributed by atoms with Gasteiger partial charge in [-0.05, 0) is 62.3 Å². The van der Waals surface area contributed by atoms with E-state index in [0.29, 0.717) is 5.92 Å². The highest BCUT2D eigenvalue weighted by Crippen LogP contribution is 2.90. The second kappa shape index (κ2) is 10.7. The predicted molar refractivity (Wildman–Crippen MR) is 154 cm³/mol. The molecule has 0 N–H and O–H groups in total. The average molecular weight is 547 g/mol. The lowest BCUT2D eigenvalue weighted by molar-refractivity contribution is 0.246. The predicted octanol–water partition coefficient (Wildman–Crippen LogP) is 7.61. The van der Waals surface area contributed by atoms with E-state index in [0.717, 1.165) is 13.1 Å². The Balaban J connectivity index is 0.000000586. The second-order valence-electron chi connectivity index (χ2n) is 9.51. The molecule has 1 fully saturated rings. The fourth-order valence-corrected chi connectivity index (χ4v) is 16.5. The van der Waals surface area contributed by atoms with E-state index in [9.17, 15) is 17.3 Å². The quantitative estimate of drug-likeness (QED) is 0.170. The van der Waals surface area contributed by atoms with Gasteiger partial charge in [0.15, 0.2) is 0 Å². The third-order valence-electron chi connectivity index (χ3n) is 8.14. The lowest BCUT2D eigenvalue weighted by atomic mass is 10.2. The molecule has 2 aliphatic rings. The maximum atomic E-state index is 9.75. The first-order chi connectivity index (χ1) is 17.7. The van der Waals surface area contributed by atoms with E-state index < -0.39 is 14.5 Å². The molecule has 0 radical (unpaired) electrons. The van der Waals surface area contributed by atoms with Crippen molar-refractivity contribution >= 4 is 42.2 Å². The van der Waals surface area contributed by atoms with Gasteiger partial charge >= 0.3 is 7.25 Å². The number of fused-ring (bicyclic) bond motifs is 2. The molecule has 1 aliphatic carbocycles. The molecule has 0 amide bonds. The lowest BCUT2D eigenvalue weighted by Crippen LogP contribution is -2.52. The summed E-state index contributed by atoms with van der Waals surface area (Å²) in [5.41, 5.74) is 0. The summed E-state index contributed by atoms with van der Waals surface area (Å²) in [6.07, 6.45) is 2.44. The van der Waals surface area contributed by atoms with Crippen LogP contribution in [0.1, 0.15) is 40.5 Å². The monoisotopic (exact) mass is 547 g/mol. The molecule has 5 rings (SSSR count). The average Bonchev–Trinajstić information content (AvgIpc) is 3.50. The van der Waals surface area contributed by atoms with Crippen LogP contribution in [-0.4, -0.2) is 35.3 Å². The maximum absolute atomic E-state index is 9.75. The number of nitrogens with zero attached hydrogens (tertiary/aromatic N) is 1. The van der Waals surface area contributed by atoms with Gasteiger partial charge in [0.05, 0.1) is 4.90 Å².